The molecule has 2 unspecified atom stereocenters. The molecule has 0 spiro atoms. The summed E-state index contributed by atoms with van der Waals surface area (Å²) in [6.45, 7) is 4.23. The van der Waals surface area contributed by atoms with Crippen LogP contribution in [0.25, 0.3) is 0 Å². The molecule has 2 atom stereocenters. The molecule has 3 heteroatoms. The number of hydrogen-bond acceptors (Lipinski definition) is 2. The molecule has 2 nitrogen and oxygen atoms in total. The van der Waals surface area contributed by atoms with Crippen LogP contribution in [0.1, 0.15) is 57.1 Å². The van der Waals surface area contributed by atoms with Crippen molar-refractivity contribution >= 4 is 11.6 Å². The van der Waals surface area contributed by atoms with Gasteiger partial charge in [0.15, 0.2) is 0 Å². The third kappa shape index (κ3) is 5.08. The third-order valence-electron chi connectivity index (χ3n) is 3.96. The van der Waals surface area contributed by atoms with Crippen LogP contribution in [0.4, 0.5) is 0 Å². The van der Waals surface area contributed by atoms with Crippen molar-refractivity contribution in [2.45, 2.75) is 57.6 Å². The molecule has 0 aliphatic carbocycles. The van der Waals surface area contributed by atoms with Gasteiger partial charge in [0.1, 0.15) is 0 Å². The summed E-state index contributed by atoms with van der Waals surface area (Å²) in [6.07, 6.45) is 7.73. The van der Waals surface area contributed by atoms with E-state index in [0.29, 0.717) is 12.1 Å². The zero-order valence-electron chi connectivity index (χ0n) is 12.4. The maximum absolute atomic E-state index is 5.97. The van der Waals surface area contributed by atoms with Crippen molar-refractivity contribution in [1.82, 2.24) is 5.32 Å². The first-order chi connectivity index (χ1) is 9.79. The Bertz CT molecular complexity index is 373. The highest BCUT2D eigenvalue weighted by Crippen LogP contribution is 2.24. The van der Waals surface area contributed by atoms with Gasteiger partial charge in [-0.1, -0.05) is 30.7 Å². The molecule has 0 saturated carbocycles. The number of ether oxygens (including phenoxy) is 1. The van der Waals surface area contributed by atoms with E-state index < -0.39 is 0 Å². The summed E-state index contributed by atoms with van der Waals surface area (Å²) in [4.78, 5) is 0. The average Bonchev–Trinajstić information content (AvgIpc) is 2.97. The Morgan fingerprint density at radius 1 is 1.35 bits per heavy atom. The second kappa shape index (κ2) is 8.66. The number of rotatable bonds is 8. The zero-order chi connectivity index (χ0) is 14.2. The largest absolute Gasteiger partial charge is 0.378 e. The molecule has 1 saturated heterocycles. The summed E-state index contributed by atoms with van der Waals surface area (Å²) >= 11 is 5.97. The molecule has 20 heavy (non-hydrogen) atoms. The van der Waals surface area contributed by atoms with Crippen LogP contribution in [0, 0.1) is 0 Å². The monoisotopic (exact) mass is 295 g/mol. The van der Waals surface area contributed by atoms with E-state index in [-0.39, 0.29) is 0 Å². The number of benzene rings is 1. The molecular formula is C17H26ClNO. The topological polar surface area (TPSA) is 21.3 Å². The quantitative estimate of drug-likeness (QED) is 0.748. The van der Waals surface area contributed by atoms with Crippen LogP contribution in [0.5, 0.6) is 0 Å². The molecule has 1 aliphatic rings. The predicted octanol–water partition coefficient (Wildman–Crippen LogP) is 4.73. The fraction of sp³-hybridized carbons (Fsp3) is 0.647. The van der Waals surface area contributed by atoms with Crippen molar-refractivity contribution < 1.29 is 4.74 Å². The van der Waals surface area contributed by atoms with Gasteiger partial charge in [-0.3, -0.25) is 0 Å². The second-order valence-corrected chi connectivity index (χ2v) is 6.06. The van der Waals surface area contributed by atoms with Crippen molar-refractivity contribution in [2.75, 3.05) is 13.2 Å². The van der Waals surface area contributed by atoms with Crippen LogP contribution in [0.2, 0.25) is 5.02 Å². The summed E-state index contributed by atoms with van der Waals surface area (Å²) in [6, 6.07) is 8.69. The van der Waals surface area contributed by atoms with Gasteiger partial charge in [-0.2, -0.15) is 0 Å². The number of nitrogens with one attached hydrogen (secondary N) is 1. The van der Waals surface area contributed by atoms with Gasteiger partial charge in [0.2, 0.25) is 0 Å². The van der Waals surface area contributed by atoms with Crippen molar-refractivity contribution in [3.8, 4) is 0 Å². The van der Waals surface area contributed by atoms with Gasteiger partial charge >= 0.3 is 0 Å². The van der Waals surface area contributed by atoms with Crippen LogP contribution >= 0.6 is 11.6 Å². The van der Waals surface area contributed by atoms with Gasteiger partial charge < -0.3 is 10.1 Å². The molecule has 1 aromatic rings. The first-order valence-corrected chi connectivity index (χ1v) is 8.28. The highest BCUT2D eigenvalue weighted by Gasteiger charge is 2.16. The third-order valence-corrected chi connectivity index (χ3v) is 4.21. The summed E-state index contributed by atoms with van der Waals surface area (Å²) in [7, 11) is 0. The number of hydrogen-bond donors (Lipinski definition) is 1. The Hall–Kier alpha value is -0.570. The van der Waals surface area contributed by atoms with Crippen LogP contribution in [-0.4, -0.2) is 19.3 Å². The minimum absolute atomic E-state index is 0.439. The minimum Gasteiger partial charge on any atom is -0.378 e. The Kier molecular flexibility index (Phi) is 6.85. The summed E-state index contributed by atoms with van der Waals surface area (Å²) in [5.74, 6) is 0. The lowest BCUT2D eigenvalue weighted by Gasteiger charge is -2.20. The smallest absolute Gasteiger partial charge is 0.0576 e. The summed E-state index contributed by atoms with van der Waals surface area (Å²) in [5.41, 5.74) is 1.34. The van der Waals surface area contributed by atoms with Gasteiger partial charge in [0.05, 0.1) is 6.10 Å². The molecule has 0 aromatic heterocycles. The van der Waals surface area contributed by atoms with Gasteiger partial charge in [0, 0.05) is 17.7 Å². The van der Waals surface area contributed by atoms with Crippen molar-refractivity contribution in [3.63, 3.8) is 0 Å². The highest BCUT2D eigenvalue weighted by molar-refractivity contribution is 6.30. The lowest BCUT2D eigenvalue weighted by atomic mass is 9.99. The Labute approximate surface area is 127 Å². The maximum atomic E-state index is 5.97. The Morgan fingerprint density at radius 2 is 2.15 bits per heavy atom. The zero-order valence-corrected chi connectivity index (χ0v) is 13.2. The number of halogens is 1. The molecule has 112 valence electrons. The SMILES string of the molecule is CCCNC(CCCC1CCCO1)c1ccc(Cl)cc1. The summed E-state index contributed by atoms with van der Waals surface area (Å²) in [5, 5.41) is 4.45. The molecule has 0 radical (unpaired) electrons. The molecule has 1 aliphatic heterocycles. The van der Waals surface area contributed by atoms with Crippen LogP contribution in [-0.2, 0) is 4.74 Å². The van der Waals surface area contributed by atoms with Gasteiger partial charge in [0.25, 0.3) is 0 Å². The van der Waals surface area contributed by atoms with E-state index in [1.165, 1.54) is 37.7 Å². The molecule has 0 amide bonds. The normalized spacial score (nSPS) is 20.2. The van der Waals surface area contributed by atoms with E-state index in [4.69, 9.17) is 16.3 Å². The molecular weight excluding hydrogens is 270 g/mol. The lowest BCUT2D eigenvalue weighted by molar-refractivity contribution is 0.101. The minimum atomic E-state index is 0.439. The first kappa shape index (κ1) is 15.8. The predicted molar refractivity (Wildman–Crippen MR) is 85.3 cm³/mol. The Balaban J connectivity index is 1.84. The molecule has 2 rings (SSSR count). The van der Waals surface area contributed by atoms with Crippen LogP contribution in [0.3, 0.4) is 0 Å². The van der Waals surface area contributed by atoms with Crippen molar-refractivity contribution in [1.29, 1.82) is 0 Å². The van der Waals surface area contributed by atoms with Gasteiger partial charge in [-0.05, 0) is 62.8 Å². The Morgan fingerprint density at radius 3 is 2.80 bits per heavy atom. The van der Waals surface area contributed by atoms with E-state index in [9.17, 15) is 0 Å². The van der Waals surface area contributed by atoms with Crippen LogP contribution < -0.4 is 5.32 Å². The van der Waals surface area contributed by atoms with E-state index in [1.807, 2.05) is 12.1 Å². The standard InChI is InChI=1S/C17H26ClNO/c1-2-12-19-17(14-8-10-15(18)11-9-14)7-3-5-16-6-4-13-20-16/h8-11,16-17,19H,2-7,12-13H2,1H3. The maximum Gasteiger partial charge on any atom is 0.0576 e. The summed E-state index contributed by atoms with van der Waals surface area (Å²) < 4.78 is 5.70. The van der Waals surface area contributed by atoms with Crippen molar-refractivity contribution in [2.24, 2.45) is 0 Å². The fourth-order valence-corrected chi connectivity index (χ4v) is 2.95. The molecule has 0 bridgehead atoms. The van der Waals surface area contributed by atoms with Crippen LogP contribution in [0.15, 0.2) is 24.3 Å². The molecule has 1 N–H and O–H groups in total. The van der Waals surface area contributed by atoms with E-state index in [0.717, 1.165) is 24.6 Å². The highest BCUT2D eigenvalue weighted by atomic mass is 35.5. The molecule has 1 aromatic carbocycles. The molecule has 1 fully saturated rings. The van der Waals surface area contributed by atoms with Crippen molar-refractivity contribution in [3.05, 3.63) is 34.9 Å². The van der Waals surface area contributed by atoms with E-state index in [1.54, 1.807) is 0 Å². The van der Waals surface area contributed by atoms with Gasteiger partial charge in [-0.15, -0.1) is 0 Å². The van der Waals surface area contributed by atoms with E-state index >= 15 is 0 Å². The average molecular weight is 296 g/mol. The van der Waals surface area contributed by atoms with E-state index in [2.05, 4.69) is 24.4 Å². The fourth-order valence-electron chi connectivity index (χ4n) is 2.82. The second-order valence-electron chi connectivity index (χ2n) is 5.62. The van der Waals surface area contributed by atoms with Gasteiger partial charge in [-0.25, -0.2) is 0 Å². The first-order valence-electron chi connectivity index (χ1n) is 7.90. The lowest BCUT2D eigenvalue weighted by Crippen LogP contribution is -2.22. The molecule has 1 heterocycles.